The Morgan fingerprint density at radius 3 is 2.69 bits per heavy atom. The maximum absolute atomic E-state index is 11.6. The second-order valence-corrected chi connectivity index (χ2v) is 3.73. The largest absolute Gasteiger partial charge is 0.465 e. The molecule has 3 heteroatoms. The van der Waals surface area contributed by atoms with Crippen LogP contribution in [0.5, 0.6) is 0 Å². The lowest BCUT2D eigenvalue weighted by molar-refractivity contribution is -0.144. The highest BCUT2D eigenvalue weighted by Crippen LogP contribution is 2.22. The van der Waals surface area contributed by atoms with Gasteiger partial charge in [0.05, 0.1) is 6.61 Å². The fraction of sp³-hybridized carbons (Fsp3) is 0.462. The topological polar surface area (TPSA) is 52.3 Å². The van der Waals surface area contributed by atoms with E-state index in [4.69, 9.17) is 10.5 Å². The van der Waals surface area contributed by atoms with Crippen LogP contribution in [0.3, 0.4) is 0 Å². The van der Waals surface area contributed by atoms with E-state index in [-0.39, 0.29) is 5.97 Å². The minimum Gasteiger partial charge on any atom is -0.465 e. The zero-order chi connectivity index (χ0) is 12.1. The van der Waals surface area contributed by atoms with Crippen molar-refractivity contribution in [3.8, 4) is 0 Å². The second kappa shape index (κ2) is 5.66. The molecule has 16 heavy (non-hydrogen) atoms. The van der Waals surface area contributed by atoms with Crippen molar-refractivity contribution in [2.75, 3.05) is 6.61 Å². The van der Waals surface area contributed by atoms with Gasteiger partial charge in [0.1, 0.15) is 6.04 Å². The quantitative estimate of drug-likeness (QED) is 0.792. The molecule has 1 unspecified atom stereocenters. The molecule has 0 radical (unpaired) electrons. The summed E-state index contributed by atoms with van der Waals surface area (Å²) < 4.78 is 4.95. The number of benzene rings is 1. The fourth-order valence-electron chi connectivity index (χ4n) is 1.84. The lowest BCUT2D eigenvalue weighted by atomic mass is 9.94. The van der Waals surface area contributed by atoms with Crippen molar-refractivity contribution in [1.29, 1.82) is 0 Å². The second-order valence-electron chi connectivity index (χ2n) is 3.73. The first-order valence-electron chi connectivity index (χ1n) is 5.62. The molecule has 1 aromatic rings. The van der Waals surface area contributed by atoms with Gasteiger partial charge in [-0.2, -0.15) is 0 Å². The Kier molecular flexibility index (Phi) is 4.50. The number of ether oxygens (including phenoxy) is 1. The number of nitrogens with two attached hydrogens (primary N) is 1. The van der Waals surface area contributed by atoms with Crippen molar-refractivity contribution in [1.82, 2.24) is 0 Å². The molecule has 0 bridgehead atoms. The molecule has 0 aromatic heterocycles. The van der Waals surface area contributed by atoms with E-state index in [0.29, 0.717) is 6.61 Å². The molecule has 0 aliphatic heterocycles. The number of hydrogen-bond donors (Lipinski definition) is 1. The van der Waals surface area contributed by atoms with Crippen molar-refractivity contribution in [2.24, 2.45) is 5.73 Å². The monoisotopic (exact) mass is 221 g/mol. The van der Waals surface area contributed by atoms with Gasteiger partial charge in [-0.1, -0.05) is 25.1 Å². The van der Waals surface area contributed by atoms with Gasteiger partial charge >= 0.3 is 5.97 Å². The van der Waals surface area contributed by atoms with Gasteiger partial charge < -0.3 is 10.5 Å². The molecule has 0 aliphatic carbocycles. The first-order chi connectivity index (χ1) is 7.61. The van der Waals surface area contributed by atoms with Crippen LogP contribution in [0.2, 0.25) is 0 Å². The molecule has 88 valence electrons. The van der Waals surface area contributed by atoms with Gasteiger partial charge in [0, 0.05) is 0 Å². The Balaban J connectivity index is 3.06. The molecule has 1 rings (SSSR count). The Labute approximate surface area is 96.6 Å². The van der Waals surface area contributed by atoms with E-state index < -0.39 is 6.04 Å². The summed E-state index contributed by atoms with van der Waals surface area (Å²) in [4.78, 5) is 11.6. The van der Waals surface area contributed by atoms with Crippen LogP contribution in [0.4, 0.5) is 0 Å². The van der Waals surface area contributed by atoms with Gasteiger partial charge in [-0.25, -0.2) is 4.79 Å². The van der Waals surface area contributed by atoms with Crippen LogP contribution < -0.4 is 5.73 Å². The summed E-state index contributed by atoms with van der Waals surface area (Å²) in [6.45, 7) is 6.16. The fourth-order valence-corrected chi connectivity index (χ4v) is 1.84. The van der Waals surface area contributed by atoms with Crippen LogP contribution in [0.1, 0.15) is 36.6 Å². The van der Waals surface area contributed by atoms with E-state index in [1.165, 1.54) is 0 Å². The van der Waals surface area contributed by atoms with Crippen LogP contribution in [0, 0.1) is 6.92 Å². The van der Waals surface area contributed by atoms with E-state index in [2.05, 4.69) is 6.92 Å². The summed E-state index contributed by atoms with van der Waals surface area (Å²) in [6, 6.07) is 5.28. The maximum Gasteiger partial charge on any atom is 0.327 e. The highest BCUT2D eigenvalue weighted by Gasteiger charge is 2.21. The highest BCUT2D eigenvalue weighted by atomic mass is 16.5. The predicted octanol–water partition coefficient (Wildman–Crippen LogP) is 2.12. The van der Waals surface area contributed by atoms with Crippen molar-refractivity contribution < 1.29 is 9.53 Å². The minimum atomic E-state index is -0.670. The summed E-state index contributed by atoms with van der Waals surface area (Å²) in [7, 11) is 0. The Bertz CT molecular complexity index is 374. The van der Waals surface area contributed by atoms with Crippen molar-refractivity contribution in [2.45, 2.75) is 33.2 Å². The molecule has 1 aromatic carbocycles. The smallest absolute Gasteiger partial charge is 0.327 e. The van der Waals surface area contributed by atoms with Crippen LogP contribution >= 0.6 is 0 Å². The predicted molar refractivity (Wildman–Crippen MR) is 64.1 cm³/mol. The Hall–Kier alpha value is -1.35. The first-order valence-corrected chi connectivity index (χ1v) is 5.62. The minimum absolute atomic E-state index is 0.355. The molecule has 0 spiro atoms. The summed E-state index contributed by atoms with van der Waals surface area (Å²) in [5, 5.41) is 0. The van der Waals surface area contributed by atoms with Gasteiger partial charge in [-0.05, 0) is 37.0 Å². The average Bonchev–Trinajstić information content (AvgIpc) is 2.28. The third kappa shape index (κ3) is 2.61. The molecule has 1 atom stereocenters. The van der Waals surface area contributed by atoms with Crippen molar-refractivity contribution >= 4 is 5.97 Å². The van der Waals surface area contributed by atoms with E-state index >= 15 is 0 Å². The van der Waals surface area contributed by atoms with Gasteiger partial charge in [-0.3, -0.25) is 0 Å². The Morgan fingerprint density at radius 2 is 2.12 bits per heavy atom. The maximum atomic E-state index is 11.6. The molecular weight excluding hydrogens is 202 g/mol. The number of carbonyl (C=O) groups is 1. The third-order valence-electron chi connectivity index (χ3n) is 2.65. The summed E-state index contributed by atoms with van der Waals surface area (Å²) >= 11 is 0. The zero-order valence-electron chi connectivity index (χ0n) is 10.1. The standard InChI is InChI=1S/C13H19NO2/c1-4-10-8-6-7-9(3)11(10)12(14)13(15)16-5-2/h6-8,12H,4-5,14H2,1-3H3. The number of rotatable bonds is 4. The van der Waals surface area contributed by atoms with Crippen LogP contribution in [0.15, 0.2) is 18.2 Å². The van der Waals surface area contributed by atoms with E-state index in [9.17, 15) is 4.79 Å². The number of carbonyl (C=O) groups excluding carboxylic acids is 1. The normalized spacial score (nSPS) is 12.2. The van der Waals surface area contributed by atoms with E-state index in [1.54, 1.807) is 6.92 Å². The van der Waals surface area contributed by atoms with Crippen molar-refractivity contribution in [3.05, 3.63) is 34.9 Å². The molecule has 2 N–H and O–H groups in total. The van der Waals surface area contributed by atoms with Gasteiger partial charge in [0.2, 0.25) is 0 Å². The third-order valence-corrected chi connectivity index (χ3v) is 2.65. The van der Waals surface area contributed by atoms with E-state index in [1.807, 2.05) is 25.1 Å². The molecule has 0 saturated carbocycles. The van der Waals surface area contributed by atoms with Gasteiger partial charge in [-0.15, -0.1) is 0 Å². The molecule has 0 amide bonds. The first kappa shape index (κ1) is 12.7. The lowest BCUT2D eigenvalue weighted by Gasteiger charge is -2.17. The molecular formula is C13H19NO2. The number of hydrogen-bond acceptors (Lipinski definition) is 3. The molecule has 0 fully saturated rings. The average molecular weight is 221 g/mol. The van der Waals surface area contributed by atoms with Crippen LogP contribution in [-0.4, -0.2) is 12.6 Å². The lowest BCUT2D eigenvalue weighted by Crippen LogP contribution is -2.25. The summed E-state index contributed by atoms with van der Waals surface area (Å²) in [5.74, 6) is -0.355. The summed E-state index contributed by atoms with van der Waals surface area (Å²) in [5.41, 5.74) is 8.99. The van der Waals surface area contributed by atoms with Gasteiger partial charge in [0.25, 0.3) is 0 Å². The molecule has 0 heterocycles. The zero-order valence-corrected chi connectivity index (χ0v) is 10.1. The Morgan fingerprint density at radius 1 is 1.44 bits per heavy atom. The summed E-state index contributed by atoms with van der Waals surface area (Å²) in [6.07, 6.45) is 0.865. The van der Waals surface area contributed by atoms with Crippen molar-refractivity contribution in [3.63, 3.8) is 0 Å². The molecule has 0 saturated heterocycles. The number of esters is 1. The van der Waals surface area contributed by atoms with E-state index in [0.717, 1.165) is 23.1 Å². The van der Waals surface area contributed by atoms with Crippen LogP contribution in [0.25, 0.3) is 0 Å². The molecule has 0 aliphatic rings. The van der Waals surface area contributed by atoms with Gasteiger partial charge in [0.15, 0.2) is 0 Å². The highest BCUT2D eigenvalue weighted by molar-refractivity contribution is 5.78. The van der Waals surface area contributed by atoms with Crippen LogP contribution in [-0.2, 0) is 16.0 Å². The molecule has 3 nitrogen and oxygen atoms in total. The SMILES string of the molecule is CCOC(=O)C(N)c1c(C)cccc1CC. The number of aryl methyl sites for hydroxylation is 2.